The van der Waals surface area contributed by atoms with Crippen molar-refractivity contribution in [2.24, 2.45) is 7.05 Å². The number of carboxylic acid groups (broad SMARTS) is 1. The topological polar surface area (TPSA) is 109 Å². The number of nitrogens with zero attached hydrogens (tertiary/aromatic N) is 4. The number of nitrogen functional groups attached to an aromatic ring is 1. The van der Waals surface area contributed by atoms with Crippen LogP contribution in [0.15, 0.2) is 12.3 Å². The van der Waals surface area contributed by atoms with Crippen LogP contribution >= 0.6 is 0 Å². The second-order valence-electron chi connectivity index (χ2n) is 5.30. The molecule has 1 atom stereocenters. The van der Waals surface area contributed by atoms with Gasteiger partial charge in [0.05, 0.1) is 10.9 Å². The second-order valence-corrected chi connectivity index (χ2v) is 5.30. The predicted molar refractivity (Wildman–Crippen MR) is 79.3 cm³/mol. The first-order valence-electron chi connectivity index (χ1n) is 6.87. The maximum atomic E-state index is 10.8. The zero-order chi connectivity index (χ0) is 15.0. The summed E-state index contributed by atoms with van der Waals surface area (Å²) in [7, 11) is 1.84. The molecule has 0 saturated carbocycles. The van der Waals surface area contributed by atoms with Gasteiger partial charge < -0.3 is 21.1 Å². The van der Waals surface area contributed by atoms with Gasteiger partial charge in [0.25, 0.3) is 0 Å². The Morgan fingerprint density at radius 2 is 2.38 bits per heavy atom. The van der Waals surface area contributed by atoms with Crippen LogP contribution in [0.3, 0.4) is 0 Å². The predicted octanol–water partition coefficient (Wildman–Crippen LogP) is 0.787. The standard InChI is InChI=1S/C13H18N6O2/c1-18-10-5-11(15-6-9(10)12(14)17-18)19-4-2-3-8(7-19)16-13(20)21/h5-6,8,16H,2-4,7H2,1H3,(H2,14,17)(H,20,21)/t8-/m1/s1. The first-order chi connectivity index (χ1) is 10.0. The molecule has 8 nitrogen and oxygen atoms in total. The van der Waals surface area contributed by atoms with E-state index in [9.17, 15) is 4.79 Å². The van der Waals surface area contributed by atoms with E-state index in [0.29, 0.717) is 12.4 Å². The van der Waals surface area contributed by atoms with Crippen LogP contribution in [-0.4, -0.2) is 45.1 Å². The molecule has 0 unspecified atom stereocenters. The minimum Gasteiger partial charge on any atom is -0.465 e. The van der Waals surface area contributed by atoms with Crippen molar-refractivity contribution in [2.75, 3.05) is 23.7 Å². The first kappa shape index (κ1) is 13.5. The lowest BCUT2D eigenvalue weighted by molar-refractivity contribution is 0.188. The summed E-state index contributed by atoms with van der Waals surface area (Å²) in [6, 6.07) is 1.88. The zero-order valence-electron chi connectivity index (χ0n) is 11.8. The normalized spacial score (nSPS) is 18.9. The third kappa shape index (κ3) is 2.56. The van der Waals surface area contributed by atoms with E-state index in [2.05, 4.69) is 20.3 Å². The van der Waals surface area contributed by atoms with Crippen molar-refractivity contribution in [2.45, 2.75) is 18.9 Å². The van der Waals surface area contributed by atoms with E-state index in [0.717, 1.165) is 36.1 Å². The van der Waals surface area contributed by atoms with Crippen molar-refractivity contribution in [1.82, 2.24) is 20.1 Å². The summed E-state index contributed by atoms with van der Waals surface area (Å²) < 4.78 is 1.73. The highest BCUT2D eigenvalue weighted by Gasteiger charge is 2.22. The molecule has 21 heavy (non-hydrogen) atoms. The summed E-state index contributed by atoms with van der Waals surface area (Å²) in [4.78, 5) is 17.3. The van der Waals surface area contributed by atoms with Gasteiger partial charge in [-0.3, -0.25) is 4.68 Å². The Morgan fingerprint density at radius 1 is 1.57 bits per heavy atom. The summed E-state index contributed by atoms with van der Waals surface area (Å²) >= 11 is 0. The minimum absolute atomic E-state index is 0.0645. The molecule has 1 aliphatic rings. The molecule has 1 aliphatic heterocycles. The van der Waals surface area contributed by atoms with E-state index in [1.165, 1.54) is 0 Å². The summed E-state index contributed by atoms with van der Waals surface area (Å²) in [6.45, 7) is 1.49. The Morgan fingerprint density at radius 3 is 3.14 bits per heavy atom. The Hall–Kier alpha value is -2.51. The van der Waals surface area contributed by atoms with Crippen molar-refractivity contribution >= 4 is 28.6 Å². The fourth-order valence-electron chi connectivity index (χ4n) is 2.82. The highest BCUT2D eigenvalue weighted by Crippen LogP contribution is 2.25. The second kappa shape index (κ2) is 5.12. The van der Waals surface area contributed by atoms with Crippen molar-refractivity contribution < 1.29 is 9.90 Å². The number of aromatic nitrogens is 3. The molecule has 4 N–H and O–H groups in total. The Balaban J connectivity index is 1.86. The van der Waals surface area contributed by atoms with Crippen molar-refractivity contribution in [3.05, 3.63) is 12.3 Å². The average Bonchev–Trinajstić information content (AvgIpc) is 2.73. The Bertz CT molecular complexity index is 683. The van der Waals surface area contributed by atoms with E-state index >= 15 is 0 Å². The molecular weight excluding hydrogens is 272 g/mol. The van der Waals surface area contributed by atoms with Crippen molar-refractivity contribution in [3.8, 4) is 0 Å². The molecule has 0 bridgehead atoms. The van der Waals surface area contributed by atoms with E-state index < -0.39 is 6.09 Å². The van der Waals surface area contributed by atoms with Crippen LogP contribution in [-0.2, 0) is 7.05 Å². The van der Waals surface area contributed by atoms with Gasteiger partial charge in [-0.05, 0) is 12.8 Å². The molecule has 2 aromatic heterocycles. The van der Waals surface area contributed by atoms with Gasteiger partial charge in [-0.2, -0.15) is 5.10 Å². The molecule has 0 aromatic carbocycles. The summed E-state index contributed by atoms with van der Waals surface area (Å²) in [5, 5.41) is 16.4. The molecule has 2 aromatic rings. The summed E-state index contributed by atoms with van der Waals surface area (Å²) in [5.41, 5.74) is 6.74. The smallest absolute Gasteiger partial charge is 0.404 e. The Labute approximate surface area is 121 Å². The fourth-order valence-corrected chi connectivity index (χ4v) is 2.82. The number of fused-ring (bicyclic) bond motifs is 1. The van der Waals surface area contributed by atoms with E-state index in [1.807, 2.05) is 13.1 Å². The molecule has 0 spiro atoms. The highest BCUT2D eigenvalue weighted by molar-refractivity contribution is 5.89. The molecule has 1 saturated heterocycles. The number of piperidine rings is 1. The van der Waals surface area contributed by atoms with Crippen LogP contribution in [0.1, 0.15) is 12.8 Å². The number of nitrogens with one attached hydrogen (secondary N) is 1. The van der Waals surface area contributed by atoms with E-state index in [1.54, 1.807) is 10.9 Å². The SMILES string of the molecule is Cn1nc(N)c2cnc(N3CCC[C@@H](NC(=O)O)C3)cc21. The largest absolute Gasteiger partial charge is 0.465 e. The fraction of sp³-hybridized carbons (Fsp3) is 0.462. The summed E-state index contributed by atoms with van der Waals surface area (Å²) in [6.07, 6.45) is 2.52. The molecule has 3 rings (SSSR count). The number of amides is 1. The van der Waals surface area contributed by atoms with Crippen LogP contribution in [0.25, 0.3) is 10.9 Å². The number of carbonyl (C=O) groups is 1. The molecular formula is C13H18N6O2. The van der Waals surface area contributed by atoms with Gasteiger partial charge in [0.2, 0.25) is 0 Å². The van der Waals surface area contributed by atoms with E-state index in [-0.39, 0.29) is 6.04 Å². The molecule has 1 fully saturated rings. The first-order valence-corrected chi connectivity index (χ1v) is 6.87. The average molecular weight is 290 g/mol. The number of hydrogen-bond acceptors (Lipinski definition) is 5. The van der Waals surface area contributed by atoms with Gasteiger partial charge >= 0.3 is 6.09 Å². The highest BCUT2D eigenvalue weighted by atomic mass is 16.4. The van der Waals surface area contributed by atoms with Crippen LogP contribution in [0.4, 0.5) is 16.4 Å². The van der Waals surface area contributed by atoms with Crippen LogP contribution < -0.4 is 16.0 Å². The molecule has 8 heteroatoms. The van der Waals surface area contributed by atoms with Gasteiger partial charge in [-0.25, -0.2) is 9.78 Å². The van der Waals surface area contributed by atoms with Gasteiger partial charge in [0.15, 0.2) is 5.82 Å². The minimum atomic E-state index is -0.982. The molecule has 1 amide bonds. The monoisotopic (exact) mass is 290 g/mol. The van der Waals surface area contributed by atoms with Crippen molar-refractivity contribution in [3.63, 3.8) is 0 Å². The van der Waals surface area contributed by atoms with Gasteiger partial charge in [-0.1, -0.05) is 0 Å². The number of aryl methyl sites for hydroxylation is 1. The van der Waals surface area contributed by atoms with E-state index in [4.69, 9.17) is 10.8 Å². The Kier molecular flexibility index (Phi) is 3.28. The molecule has 112 valence electrons. The van der Waals surface area contributed by atoms with Crippen LogP contribution in [0.5, 0.6) is 0 Å². The number of anilines is 2. The van der Waals surface area contributed by atoms with Crippen LogP contribution in [0.2, 0.25) is 0 Å². The van der Waals surface area contributed by atoms with Gasteiger partial charge in [0.1, 0.15) is 5.82 Å². The third-order valence-electron chi connectivity index (χ3n) is 3.82. The van der Waals surface area contributed by atoms with Gasteiger partial charge in [0, 0.05) is 38.4 Å². The number of hydrogen-bond donors (Lipinski definition) is 3. The lowest BCUT2D eigenvalue weighted by Crippen LogP contribution is -2.47. The lowest BCUT2D eigenvalue weighted by Gasteiger charge is -2.33. The quantitative estimate of drug-likeness (QED) is 0.754. The third-order valence-corrected chi connectivity index (χ3v) is 3.82. The molecule has 0 radical (unpaired) electrons. The lowest BCUT2D eigenvalue weighted by atomic mass is 10.1. The number of pyridine rings is 1. The molecule has 3 heterocycles. The van der Waals surface area contributed by atoms with Crippen LogP contribution in [0, 0.1) is 0 Å². The number of nitrogens with two attached hydrogens (primary N) is 1. The molecule has 0 aliphatic carbocycles. The number of rotatable bonds is 2. The zero-order valence-corrected chi connectivity index (χ0v) is 11.8. The van der Waals surface area contributed by atoms with Crippen molar-refractivity contribution in [1.29, 1.82) is 0 Å². The maximum Gasteiger partial charge on any atom is 0.404 e. The maximum absolute atomic E-state index is 10.8. The summed E-state index contributed by atoms with van der Waals surface area (Å²) in [5.74, 6) is 1.29. The van der Waals surface area contributed by atoms with Gasteiger partial charge in [-0.15, -0.1) is 0 Å².